The first-order valence-corrected chi connectivity index (χ1v) is 8.33. The summed E-state index contributed by atoms with van der Waals surface area (Å²) < 4.78 is 7.33. The van der Waals surface area contributed by atoms with Crippen molar-refractivity contribution in [1.82, 2.24) is 19.6 Å². The molecule has 0 saturated carbocycles. The van der Waals surface area contributed by atoms with Gasteiger partial charge in [-0.3, -0.25) is 4.68 Å². The zero-order valence-corrected chi connectivity index (χ0v) is 14.5. The van der Waals surface area contributed by atoms with E-state index in [-0.39, 0.29) is 6.09 Å². The second-order valence-corrected chi connectivity index (χ2v) is 7.02. The van der Waals surface area contributed by atoms with E-state index >= 15 is 0 Å². The molecule has 0 radical (unpaired) electrons. The van der Waals surface area contributed by atoms with Crippen molar-refractivity contribution < 1.29 is 9.53 Å². The number of hydrogen-bond acceptors (Lipinski definition) is 5. The minimum absolute atomic E-state index is 0.202. The van der Waals surface area contributed by atoms with Crippen molar-refractivity contribution in [2.75, 3.05) is 38.5 Å². The summed E-state index contributed by atoms with van der Waals surface area (Å²) in [6.07, 6.45) is 3.70. The molecule has 1 aromatic rings. The number of nitrogen functional groups attached to an aromatic ring is 1. The van der Waals surface area contributed by atoms with E-state index in [4.69, 9.17) is 10.5 Å². The third kappa shape index (κ3) is 6.09. The first-order chi connectivity index (χ1) is 10.8. The lowest BCUT2D eigenvalue weighted by Gasteiger charge is -2.26. The smallest absolute Gasteiger partial charge is 0.410 e. The number of aromatic nitrogens is 2. The zero-order chi connectivity index (χ0) is 16.9. The standard InChI is InChI=1S/C16H29N5O2/c1-16(2,3)23-15(22)20-9-4-7-19(12-13-20)8-5-10-21-11-6-14(17)18-21/h6,11H,4-5,7-10,12-13H2,1-3H3,(H2,17,18). The van der Waals surface area contributed by atoms with E-state index in [1.165, 1.54) is 0 Å². The van der Waals surface area contributed by atoms with Gasteiger partial charge in [0.15, 0.2) is 0 Å². The number of ether oxygens (including phenoxy) is 1. The maximum atomic E-state index is 12.1. The molecule has 23 heavy (non-hydrogen) atoms. The highest BCUT2D eigenvalue weighted by Crippen LogP contribution is 2.12. The molecule has 0 unspecified atom stereocenters. The van der Waals surface area contributed by atoms with Crippen molar-refractivity contribution in [2.24, 2.45) is 0 Å². The van der Waals surface area contributed by atoms with Gasteiger partial charge in [0, 0.05) is 32.4 Å². The lowest BCUT2D eigenvalue weighted by atomic mass is 10.2. The molecule has 1 amide bonds. The number of aryl methyl sites for hydroxylation is 1. The summed E-state index contributed by atoms with van der Waals surface area (Å²) in [7, 11) is 0. The number of carbonyl (C=O) groups is 1. The molecule has 1 saturated heterocycles. The van der Waals surface area contributed by atoms with Crippen molar-refractivity contribution in [3.63, 3.8) is 0 Å². The van der Waals surface area contributed by atoms with Crippen LogP contribution in [0.1, 0.15) is 33.6 Å². The second-order valence-electron chi connectivity index (χ2n) is 7.02. The summed E-state index contributed by atoms with van der Waals surface area (Å²) in [6.45, 7) is 11.0. The SMILES string of the molecule is CC(C)(C)OC(=O)N1CCCN(CCCn2ccc(N)n2)CC1. The Hall–Kier alpha value is -1.76. The molecule has 2 N–H and O–H groups in total. The molecular formula is C16H29N5O2. The van der Waals surface area contributed by atoms with Crippen LogP contribution < -0.4 is 5.73 Å². The highest BCUT2D eigenvalue weighted by molar-refractivity contribution is 5.68. The Morgan fingerprint density at radius 3 is 2.70 bits per heavy atom. The Morgan fingerprint density at radius 1 is 1.26 bits per heavy atom. The fourth-order valence-corrected chi connectivity index (χ4v) is 2.66. The van der Waals surface area contributed by atoms with Crippen LogP contribution in [0.2, 0.25) is 0 Å². The van der Waals surface area contributed by atoms with Crippen LogP contribution in [0.15, 0.2) is 12.3 Å². The summed E-state index contributed by atoms with van der Waals surface area (Å²) in [5.41, 5.74) is 5.17. The van der Waals surface area contributed by atoms with Crippen LogP contribution in [-0.4, -0.2) is 64.0 Å². The van der Waals surface area contributed by atoms with E-state index in [9.17, 15) is 4.79 Å². The molecule has 130 valence electrons. The van der Waals surface area contributed by atoms with Gasteiger partial charge in [0.25, 0.3) is 0 Å². The Bertz CT molecular complexity index is 509. The third-order valence-electron chi connectivity index (χ3n) is 3.76. The van der Waals surface area contributed by atoms with Crippen LogP contribution in [0.25, 0.3) is 0 Å². The van der Waals surface area contributed by atoms with Gasteiger partial charge in [-0.05, 0) is 52.8 Å². The van der Waals surface area contributed by atoms with Crippen molar-refractivity contribution in [2.45, 2.75) is 45.8 Å². The van der Waals surface area contributed by atoms with Crippen LogP contribution in [0, 0.1) is 0 Å². The number of rotatable bonds is 4. The number of nitrogens with zero attached hydrogens (tertiary/aromatic N) is 4. The van der Waals surface area contributed by atoms with Crippen LogP contribution in [0.5, 0.6) is 0 Å². The minimum atomic E-state index is -0.436. The lowest BCUT2D eigenvalue weighted by Crippen LogP contribution is -2.39. The lowest BCUT2D eigenvalue weighted by molar-refractivity contribution is 0.0257. The summed E-state index contributed by atoms with van der Waals surface area (Å²) >= 11 is 0. The zero-order valence-electron chi connectivity index (χ0n) is 14.5. The normalized spacial score (nSPS) is 17.1. The van der Waals surface area contributed by atoms with Crippen molar-refractivity contribution in [3.8, 4) is 0 Å². The van der Waals surface area contributed by atoms with E-state index in [0.29, 0.717) is 5.82 Å². The largest absolute Gasteiger partial charge is 0.444 e. The maximum Gasteiger partial charge on any atom is 0.410 e. The monoisotopic (exact) mass is 323 g/mol. The first kappa shape index (κ1) is 17.6. The molecule has 7 nitrogen and oxygen atoms in total. The Morgan fingerprint density at radius 2 is 2.04 bits per heavy atom. The van der Waals surface area contributed by atoms with E-state index in [1.54, 1.807) is 0 Å². The highest BCUT2D eigenvalue weighted by Gasteiger charge is 2.24. The molecule has 1 aliphatic heterocycles. The van der Waals surface area contributed by atoms with E-state index in [2.05, 4.69) is 10.00 Å². The quantitative estimate of drug-likeness (QED) is 0.914. The van der Waals surface area contributed by atoms with Crippen LogP contribution >= 0.6 is 0 Å². The molecule has 0 spiro atoms. The fraction of sp³-hybridized carbons (Fsp3) is 0.750. The number of amides is 1. The Balaban J connectivity index is 1.72. The number of hydrogen-bond donors (Lipinski definition) is 1. The van der Waals surface area contributed by atoms with Crippen LogP contribution in [0.3, 0.4) is 0 Å². The molecule has 1 fully saturated rings. The first-order valence-electron chi connectivity index (χ1n) is 8.33. The van der Waals surface area contributed by atoms with Gasteiger partial charge < -0.3 is 20.3 Å². The van der Waals surface area contributed by atoms with Gasteiger partial charge >= 0.3 is 6.09 Å². The van der Waals surface area contributed by atoms with E-state index in [0.717, 1.165) is 52.1 Å². The van der Waals surface area contributed by atoms with Crippen LogP contribution in [0.4, 0.5) is 10.6 Å². The van der Waals surface area contributed by atoms with Gasteiger partial charge in [0.2, 0.25) is 0 Å². The molecule has 7 heteroatoms. The Kier molecular flexibility index (Phi) is 5.87. The van der Waals surface area contributed by atoms with Gasteiger partial charge in [-0.25, -0.2) is 4.79 Å². The van der Waals surface area contributed by atoms with Crippen molar-refractivity contribution in [1.29, 1.82) is 0 Å². The van der Waals surface area contributed by atoms with E-state index in [1.807, 2.05) is 42.6 Å². The van der Waals surface area contributed by atoms with Crippen molar-refractivity contribution in [3.05, 3.63) is 12.3 Å². The maximum absolute atomic E-state index is 12.1. The van der Waals surface area contributed by atoms with Crippen molar-refractivity contribution >= 4 is 11.9 Å². The number of nitrogens with two attached hydrogens (primary N) is 1. The molecule has 0 bridgehead atoms. The van der Waals surface area contributed by atoms with Gasteiger partial charge in [-0.15, -0.1) is 0 Å². The summed E-state index contributed by atoms with van der Waals surface area (Å²) in [5.74, 6) is 0.563. The molecule has 0 aliphatic carbocycles. The second kappa shape index (κ2) is 7.68. The molecule has 1 aliphatic rings. The predicted octanol–water partition coefficient (Wildman–Crippen LogP) is 1.80. The average molecular weight is 323 g/mol. The van der Waals surface area contributed by atoms with Gasteiger partial charge in [0.1, 0.15) is 11.4 Å². The average Bonchev–Trinajstić information content (AvgIpc) is 2.71. The topological polar surface area (TPSA) is 76.6 Å². The molecule has 1 aromatic heterocycles. The molecule has 0 aromatic carbocycles. The van der Waals surface area contributed by atoms with Gasteiger partial charge in [-0.1, -0.05) is 0 Å². The number of anilines is 1. The highest BCUT2D eigenvalue weighted by atomic mass is 16.6. The number of carbonyl (C=O) groups excluding carboxylic acids is 1. The summed E-state index contributed by atoms with van der Waals surface area (Å²) in [6, 6.07) is 1.81. The van der Waals surface area contributed by atoms with Crippen LogP contribution in [-0.2, 0) is 11.3 Å². The van der Waals surface area contributed by atoms with E-state index < -0.39 is 5.60 Å². The molecular weight excluding hydrogens is 294 g/mol. The Labute approximate surface area is 138 Å². The minimum Gasteiger partial charge on any atom is -0.444 e. The molecule has 2 rings (SSSR count). The fourth-order valence-electron chi connectivity index (χ4n) is 2.66. The predicted molar refractivity (Wildman–Crippen MR) is 90.1 cm³/mol. The summed E-state index contributed by atoms with van der Waals surface area (Å²) in [5, 5.41) is 4.19. The van der Waals surface area contributed by atoms with Gasteiger partial charge in [-0.2, -0.15) is 5.10 Å². The summed E-state index contributed by atoms with van der Waals surface area (Å²) in [4.78, 5) is 16.4. The van der Waals surface area contributed by atoms with Gasteiger partial charge in [0.05, 0.1) is 0 Å². The molecule has 2 heterocycles. The molecule has 0 atom stereocenters. The third-order valence-corrected chi connectivity index (χ3v) is 3.76.